The molecule has 43 heavy (non-hydrogen) atoms. The van der Waals surface area contributed by atoms with Crippen LogP contribution in [-0.4, -0.2) is 6.16 Å². The molecule has 238 valence electrons. The molecule has 0 saturated heterocycles. The molecule has 3 aromatic carbocycles. The zero-order valence-corrected chi connectivity index (χ0v) is 28.7. The van der Waals surface area contributed by atoms with E-state index in [-0.39, 0.29) is 0 Å². The van der Waals surface area contributed by atoms with E-state index < -0.39 is 7.94 Å². The second-order valence-corrected chi connectivity index (χ2v) is 14.8. The van der Waals surface area contributed by atoms with Crippen molar-refractivity contribution in [3.8, 4) is 17.2 Å². The van der Waals surface area contributed by atoms with Gasteiger partial charge in [0.05, 0.1) is 0 Å². The molecule has 0 amide bonds. The molecule has 0 heterocycles. The normalized spacial score (nSPS) is 11.8. The van der Waals surface area contributed by atoms with Crippen LogP contribution < -0.4 is 13.6 Å². The van der Waals surface area contributed by atoms with E-state index in [9.17, 15) is 0 Å². The van der Waals surface area contributed by atoms with Crippen molar-refractivity contribution in [2.45, 2.75) is 130 Å². The molecule has 3 aromatic rings. The van der Waals surface area contributed by atoms with Gasteiger partial charge in [0.15, 0.2) is 0 Å². The van der Waals surface area contributed by atoms with E-state index in [1.54, 1.807) is 0 Å². The van der Waals surface area contributed by atoms with E-state index in [0.717, 1.165) is 52.9 Å². The van der Waals surface area contributed by atoms with E-state index in [0.29, 0.717) is 0 Å². The molecule has 0 spiro atoms. The van der Waals surface area contributed by atoms with Crippen LogP contribution in [0, 0.1) is 20.8 Å². The van der Waals surface area contributed by atoms with Crippen LogP contribution >= 0.6 is 7.94 Å². The summed E-state index contributed by atoms with van der Waals surface area (Å²) in [6.07, 6.45) is 22.4. The summed E-state index contributed by atoms with van der Waals surface area (Å²) in [5.74, 6) is 2.52. The fourth-order valence-electron chi connectivity index (χ4n) is 5.62. The van der Waals surface area contributed by atoms with Crippen LogP contribution in [0.4, 0.5) is 0 Å². The molecule has 0 N–H and O–H groups in total. The Morgan fingerprint density at radius 1 is 0.395 bits per heavy atom. The van der Waals surface area contributed by atoms with E-state index in [4.69, 9.17) is 13.6 Å². The van der Waals surface area contributed by atoms with Gasteiger partial charge in [-0.25, -0.2) is 0 Å². The molecule has 0 aliphatic carbocycles. The monoisotopic (exact) mass is 606 g/mol. The molecule has 0 unspecified atom stereocenters. The zero-order valence-electron chi connectivity index (χ0n) is 27.7. The van der Waals surface area contributed by atoms with Gasteiger partial charge in [-0.1, -0.05) is 39.0 Å². The van der Waals surface area contributed by atoms with Crippen LogP contribution in [0.15, 0.2) is 72.8 Å². The number of rotatable bonds is 23. The average molecular weight is 607 g/mol. The number of hydrogen-bond acceptors (Lipinski definition) is 3. The summed E-state index contributed by atoms with van der Waals surface area (Å²) >= 11 is 0. The fourth-order valence-corrected chi connectivity index (χ4v) is 8.43. The minimum atomic E-state index is -3.22. The third kappa shape index (κ3) is 13.3. The molecule has 0 aliphatic heterocycles. The predicted octanol–water partition coefficient (Wildman–Crippen LogP) is 12.9. The Hall–Kier alpha value is -2.51. The van der Waals surface area contributed by atoms with Crippen molar-refractivity contribution in [1.82, 2.24) is 0 Å². The van der Waals surface area contributed by atoms with Gasteiger partial charge in [-0.2, -0.15) is 0 Å². The molecule has 0 saturated carbocycles. The topological polar surface area (TPSA) is 27.7 Å². The summed E-state index contributed by atoms with van der Waals surface area (Å²) < 4.78 is 20.6. The number of benzene rings is 3. The third-order valence-corrected chi connectivity index (χ3v) is 11.0. The number of hydrogen-bond donors (Lipinski definition) is 0. The second-order valence-electron chi connectivity index (χ2n) is 12.3. The molecule has 0 aromatic heterocycles. The van der Waals surface area contributed by atoms with Crippen LogP contribution in [0.3, 0.4) is 0 Å². The van der Waals surface area contributed by atoms with Crippen molar-refractivity contribution in [2.75, 3.05) is 6.16 Å². The third-order valence-electron chi connectivity index (χ3n) is 8.41. The molecule has 0 bridgehead atoms. The predicted molar refractivity (Wildman–Crippen MR) is 188 cm³/mol. The van der Waals surface area contributed by atoms with Gasteiger partial charge in [0.25, 0.3) is 0 Å². The zero-order chi connectivity index (χ0) is 30.6. The molecule has 0 aliphatic rings. The van der Waals surface area contributed by atoms with Gasteiger partial charge < -0.3 is 0 Å². The van der Waals surface area contributed by atoms with Crippen LogP contribution in [0.1, 0.15) is 126 Å². The Balaban J connectivity index is 1.52. The summed E-state index contributed by atoms with van der Waals surface area (Å²) in [6, 6.07) is 24.6. The first-order valence-electron chi connectivity index (χ1n) is 17.3. The first-order chi connectivity index (χ1) is 21.0. The van der Waals surface area contributed by atoms with Crippen LogP contribution in [0.2, 0.25) is 0 Å². The van der Waals surface area contributed by atoms with Crippen LogP contribution in [0.5, 0.6) is 17.2 Å². The van der Waals surface area contributed by atoms with Gasteiger partial charge in [-0.3, -0.25) is 0 Å². The van der Waals surface area contributed by atoms with E-state index >= 15 is 0 Å². The van der Waals surface area contributed by atoms with Crippen molar-refractivity contribution < 1.29 is 13.6 Å². The Labute approximate surface area is 264 Å². The second kappa shape index (κ2) is 20.4. The first-order valence-corrected chi connectivity index (χ1v) is 19.2. The van der Waals surface area contributed by atoms with Crippen molar-refractivity contribution in [2.24, 2.45) is 0 Å². The average Bonchev–Trinajstić information content (AvgIpc) is 3.00. The van der Waals surface area contributed by atoms with Crippen molar-refractivity contribution in [3.63, 3.8) is 0 Å². The molecule has 0 fully saturated rings. The summed E-state index contributed by atoms with van der Waals surface area (Å²) in [5, 5.41) is 0. The molecule has 0 atom stereocenters. The van der Waals surface area contributed by atoms with Gasteiger partial charge in [0.2, 0.25) is 0 Å². The standard InChI is InChI=1S/C39H59O3P/c1-5-6-7-8-9-10-11-12-13-14-15-16-17-18-19-26-33-43(40-37-30-23-20-27-34(37)2,41-38-31-24-21-28-35(38)3)42-39-32-25-22-29-36(39)4/h20-25,27-32,43H,5-19,26,33H2,1-4H3. The van der Waals surface area contributed by atoms with Crippen LogP contribution in [0.25, 0.3) is 0 Å². The maximum atomic E-state index is 6.87. The Bertz CT molecular complexity index is 1040. The Morgan fingerprint density at radius 2 is 0.674 bits per heavy atom. The van der Waals surface area contributed by atoms with Crippen LogP contribution in [-0.2, 0) is 0 Å². The van der Waals surface area contributed by atoms with Gasteiger partial charge >= 0.3 is 226 Å². The quantitative estimate of drug-likeness (QED) is 0.0794. The maximum absolute atomic E-state index is 6.87. The van der Waals surface area contributed by atoms with E-state index in [2.05, 4.69) is 45.9 Å². The summed E-state index contributed by atoms with van der Waals surface area (Å²) in [4.78, 5) is 0. The molecule has 3 nitrogen and oxygen atoms in total. The Morgan fingerprint density at radius 3 is 0.977 bits per heavy atom. The summed E-state index contributed by atoms with van der Waals surface area (Å²) in [5.41, 5.74) is 3.27. The number of aryl methyl sites for hydroxylation is 3. The summed E-state index contributed by atoms with van der Waals surface area (Å²) in [7, 11) is -3.22. The molecular formula is C39H59O3P. The minimum absolute atomic E-state index is 0.766. The summed E-state index contributed by atoms with van der Waals surface area (Å²) in [6.45, 7) is 8.56. The fraction of sp³-hybridized carbons (Fsp3) is 0.538. The number of unbranched alkanes of at least 4 members (excludes halogenated alkanes) is 15. The molecular weight excluding hydrogens is 547 g/mol. The molecule has 4 heteroatoms. The SMILES string of the molecule is CCCCCCCCCCCCCCCCCC[PH](Oc1ccccc1C)(Oc1ccccc1C)Oc1ccccc1C. The van der Waals surface area contributed by atoms with E-state index in [1.807, 2.05) is 54.6 Å². The van der Waals surface area contributed by atoms with Gasteiger partial charge in [-0.15, -0.1) is 0 Å². The van der Waals surface area contributed by atoms with Gasteiger partial charge in [-0.05, 0) is 0 Å². The number of para-hydroxylation sites is 3. The van der Waals surface area contributed by atoms with Gasteiger partial charge in [0.1, 0.15) is 0 Å². The molecule has 0 radical (unpaired) electrons. The first kappa shape index (κ1) is 35.0. The van der Waals surface area contributed by atoms with Gasteiger partial charge in [0, 0.05) is 0 Å². The van der Waals surface area contributed by atoms with Crippen molar-refractivity contribution in [1.29, 1.82) is 0 Å². The van der Waals surface area contributed by atoms with E-state index in [1.165, 1.54) is 89.9 Å². The Kier molecular flexibility index (Phi) is 16.6. The van der Waals surface area contributed by atoms with Crippen molar-refractivity contribution in [3.05, 3.63) is 89.5 Å². The molecule has 3 rings (SSSR count). The van der Waals surface area contributed by atoms with Crippen molar-refractivity contribution >= 4 is 7.94 Å².